The Morgan fingerprint density at radius 1 is 1.17 bits per heavy atom. The van der Waals surface area contributed by atoms with Crippen LogP contribution in [0, 0.1) is 0 Å². The molecule has 2 rings (SSSR count). The van der Waals surface area contributed by atoms with E-state index in [1.54, 1.807) is 0 Å². The van der Waals surface area contributed by atoms with Crippen LogP contribution in [-0.4, -0.2) is 30.6 Å². The number of likely N-dealkylation sites (tertiary alicyclic amines) is 1. The predicted octanol–water partition coefficient (Wildman–Crippen LogP) is 2.57. The van der Waals surface area contributed by atoms with Crippen LogP contribution >= 0.6 is 0 Å². The maximum Gasteiger partial charge on any atom is 0.119 e. The summed E-state index contributed by atoms with van der Waals surface area (Å²) < 4.78 is 5.63. The van der Waals surface area contributed by atoms with Gasteiger partial charge in [0.15, 0.2) is 0 Å². The topological polar surface area (TPSA) is 38.5 Å². The summed E-state index contributed by atoms with van der Waals surface area (Å²) in [7, 11) is 0. The van der Waals surface area contributed by atoms with Crippen molar-refractivity contribution in [1.29, 1.82) is 0 Å². The van der Waals surface area contributed by atoms with Crippen LogP contribution in [0.5, 0.6) is 5.75 Å². The fraction of sp³-hybridized carbons (Fsp3) is 0.600. The highest BCUT2D eigenvalue weighted by atomic mass is 16.5. The Morgan fingerprint density at radius 2 is 1.78 bits per heavy atom. The van der Waals surface area contributed by atoms with E-state index in [1.807, 2.05) is 26.0 Å². The van der Waals surface area contributed by atoms with Gasteiger partial charge in [-0.3, -0.25) is 0 Å². The van der Waals surface area contributed by atoms with Gasteiger partial charge in [-0.05, 0) is 57.5 Å². The third-order valence-electron chi connectivity index (χ3n) is 3.33. The molecule has 0 saturated carbocycles. The van der Waals surface area contributed by atoms with Crippen molar-refractivity contribution in [2.45, 2.75) is 38.8 Å². The molecule has 1 atom stereocenters. The van der Waals surface area contributed by atoms with E-state index in [4.69, 9.17) is 10.5 Å². The number of nitrogens with zero attached hydrogens (tertiary/aromatic N) is 1. The lowest BCUT2D eigenvalue weighted by Crippen LogP contribution is -2.29. The zero-order valence-corrected chi connectivity index (χ0v) is 11.4. The van der Waals surface area contributed by atoms with Gasteiger partial charge in [0.2, 0.25) is 0 Å². The van der Waals surface area contributed by atoms with Crippen LogP contribution in [0.25, 0.3) is 0 Å². The van der Waals surface area contributed by atoms with Gasteiger partial charge in [0.05, 0.1) is 6.10 Å². The Kier molecular flexibility index (Phi) is 4.61. The zero-order valence-electron chi connectivity index (χ0n) is 11.4. The third-order valence-corrected chi connectivity index (χ3v) is 3.33. The largest absolute Gasteiger partial charge is 0.491 e. The molecule has 0 aliphatic carbocycles. The van der Waals surface area contributed by atoms with Crippen LogP contribution in [-0.2, 0) is 0 Å². The molecule has 0 radical (unpaired) electrons. The molecule has 0 aromatic heterocycles. The lowest BCUT2D eigenvalue weighted by molar-refractivity contribution is 0.242. The maximum absolute atomic E-state index is 6.24. The highest BCUT2D eigenvalue weighted by Crippen LogP contribution is 2.19. The van der Waals surface area contributed by atoms with Crippen LogP contribution in [0.1, 0.15) is 38.3 Å². The number of hydrogen-bond donors (Lipinski definition) is 1. The van der Waals surface area contributed by atoms with Gasteiger partial charge in [0.1, 0.15) is 5.75 Å². The predicted molar refractivity (Wildman–Crippen MR) is 74.8 cm³/mol. The highest BCUT2D eigenvalue weighted by molar-refractivity contribution is 5.29. The molecule has 3 heteroatoms. The molecule has 1 unspecified atom stereocenters. The van der Waals surface area contributed by atoms with Gasteiger partial charge in [-0.15, -0.1) is 0 Å². The summed E-state index contributed by atoms with van der Waals surface area (Å²) in [5.74, 6) is 0.919. The van der Waals surface area contributed by atoms with Crippen molar-refractivity contribution in [3.8, 4) is 5.75 Å². The molecule has 1 aromatic carbocycles. The zero-order chi connectivity index (χ0) is 13.0. The molecule has 0 spiro atoms. The quantitative estimate of drug-likeness (QED) is 0.870. The van der Waals surface area contributed by atoms with Gasteiger partial charge in [-0.1, -0.05) is 12.1 Å². The summed E-state index contributed by atoms with van der Waals surface area (Å²) in [6, 6.07) is 8.30. The van der Waals surface area contributed by atoms with E-state index in [0.29, 0.717) is 0 Å². The third kappa shape index (κ3) is 3.72. The first kappa shape index (κ1) is 13.4. The lowest BCUT2D eigenvalue weighted by atomic mass is 10.1. The number of nitrogens with two attached hydrogens (primary N) is 1. The highest BCUT2D eigenvalue weighted by Gasteiger charge is 2.15. The normalized spacial score (nSPS) is 18.2. The average molecular weight is 248 g/mol. The van der Waals surface area contributed by atoms with Crippen molar-refractivity contribution in [2.75, 3.05) is 19.6 Å². The minimum atomic E-state index is 0.108. The Bertz CT molecular complexity index is 355. The lowest BCUT2D eigenvalue weighted by Gasteiger charge is -2.20. The minimum Gasteiger partial charge on any atom is -0.491 e. The average Bonchev–Trinajstić information content (AvgIpc) is 2.82. The second-order valence-corrected chi connectivity index (χ2v) is 5.35. The van der Waals surface area contributed by atoms with E-state index in [9.17, 15) is 0 Å². The summed E-state index contributed by atoms with van der Waals surface area (Å²) in [5.41, 5.74) is 7.44. The number of hydrogen-bond acceptors (Lipinski definition) is 3. The number of rotatable bonds is 5. The number of benzene rings is 1. The molecule has 1 aliphatic heterocycles. The summed E-state index contributed by atoms with van der Waals surface area (Å²) in [6.45, 7) is 7.43. The molecule has 2 N–H and O–H groups in total. The summed E-state index contributed by atoms with van der Waals surface area (Å²) >= 11 is 0. The van der Waals surface area contributed by atoms with Gasteiger partial charge in [-0.25, -0.2) is 0 Å². The van der Waals surface area contributed by atoms with Crippen molar-refractivity contribution in [3.63, 3.8) is 0 Å². The van der Waals surface area contributed by atoms with E-state index < -0.39 is 0 Å². The van der Waals surface area contributed by atoms with E-state index in [0.717, 1.165) is 12.3 Å². The monoisotopic (exact) mass is 248 g/mol. The minimum absolute atomic E-state index is 0.108. The molecule has 0 amide bonds. The molecule has 100 valence electrons. The summed E-state index contributed by atoms with van der Waals surface area (Å²) in [5, 5.41) is 0. The second kappa shape index (κ2) is 6.21. The smallest absolute Gasteiger partial charge is 0.119 e. The summed E-state index contributed by atoms with van der Waals surface area (Å²) in [4.78, 5) is 2.45. The van der Waals surface area contributed by atoms with Crippen molar-refractivity contribution in [3.05, 3.63) is 29.8 Å². The molecule has 1 saturated heterocycles. The van der Waals surface area contributed by atoms with Gasteiger partial charge >= 0.3 is 0 Å². The molecular formula is C15H24N2O. The molecule has 1 aliphatic rings. The number of ether oxygens (including phenoxy) is 1. The van der Waals surface area contributed by atoms with Crippen molar-refractivity contribution in [2.24, 2.45) is 5.73 Å². The fourth-order valence-corrected chi connectivity index (χ4v) is 2.41. The molecule has 1 fully saturated rings. The van der Waals surface area contributed by atoms with Crippen molar-refractivity contribution in [1.82, 2.24) is 4.90 Å². The van der Waals surface area contributed by atoms with Crippen LogP contribution < -0.4 is 10.5 Å². The molecule has 1 aromatic rings. The summed E-state index contributed by atoms with van der Waals surface area (Å²) in [6.07, 6.45) is 2.84. The van der Waals surface area contributed by atoms with Crippen molar-refractivity contribution >= 4 is 0 Å². The van der Waals surface area contributed by atoms with E-state index in [2.05, 4.69) is 17.0 Å². The van der Waals surface area contributed by atoms with Crippen LogP contribution in [0.2, 0.25) is 0 Å². The molecular weight excluding hydrogens is 224 g/mol. The Hall–Kier alpha value is -1.06. The van der Waals surface area contributed by atoms with Crippen LogP contribution in [0.3, 0.4) is 0 Å². The van der Waals surface area contributed by atoms with Gasteiger partial charge in [0, 0.05) is 12.6 Å². The molecule has 3 nitrogen and oxygen atoms in total. The van der Waals surface area contributed by atoms with E-state index in [1.165, 1.54) is 31.5 Å². The molecule has 18 heavy (non-hydrogen) atoms. The molecule has 1 heterocycles. The molecule has 0 bridgehead atoms. The van der Waals surface area contributed by atoms with Crippen LogP contribution in [0.15, 0.2) is 24.3 Å². The second-order valence-electron chi connectivity index (χ2n) is 5.35. The van der Waals surface area contributed by atoms with Gasteiger partial charge in [0.25, 0.3) is 0 Å². The standard InChI is InChI=1S/C15H24N2O/c1-12(2)18-14-7-5-13(6-8-14)15(16)11-17-9-3-4-10-17/h5-8,12,15H,3-4,9-11,16H2,1-2H3. The van der Waals surface area contributed by atoms with Gasteiger partial charge in [-0.2, -0.15) is 0 Å². The Morgan fingerprint density at radius 3 is 2.33 bits per heavy atom. The first-order valence-corrected chi connectivity index (χ1v) is 6.89. The van der Waals surface area contributed by atoms with Crippen LogP contribution in [0.4, 0.5) is 0 Å². The Labute approximate surface area is 110 Å². The van der Waals surface area contributed by atoms with Gasteiger partial charge < -0.3 is 15.4 Å². The first-order valence-electron chi connectivity index (χ1n) is 6.89. The maximum atomic E-state index is 6.24. The van der Waals surface area contributed by atoms with E-state index >= 15 is 0 Å². The SMILES string of the molecule is CC(C)Oc1ccc(C(N)CN2CCCC2)cc1. The first-order chi connectivity index (χ1) is 8.65. The fourth-order valence-electron chi connectivity index (χ4n) is 2.41. The van der Waals surface area contributed by atoms with Crippen molar-refractivity contribution < 1.29 is 4.74 Å². The Balaban J connectivity index is 1.91. The van der Waals surface area contributed by atoms with E-state index in [-0.39, 0.29) is 12.1 Å².